The van der Waals surface area contributed by atoms with Crippen molar-refractivity contribution in [2.45, 2.75) is 26.3 Å². The highest BCUT2D eigenvalue weighted by Gasteiger charge is 2.20. The molecule has 186 valence electrons. The third kappa shape index (κ3) is 4.66. The van der Waals surface area contributed by atoms with Crippen molar-refractivity contribution in [3.05, 3.63) is 99.3 Å². The number of aryl methyl sites for hydroxylation is 1. The van der Waals surface area contributed by atoms with Crippen LogP contribution in [0, 0.1) is 0 Å². The largest absolute Gasteiger partial charge is 0.478 e. The Morgan fingerprint density at radius 2 is 1.92 bits per heavy atom. The summed E-state index contributed by atoms with van der Waals surface area (Å²) in [6.07, 6.45) is 4.83. The van der Waals surface area contributed by atoms with Crippen LogP contribution in [-0.2, 0) is 13.0 Å². The molecule has 0 amide bonds. The molecule has 5 aromatic rings. The third-order valence-corrected chi connectivity index (χ3v) is 6.31. The summed E-state index contributed by atoms with van der Waals surface area (Å²) in [5.74, 6) is -0.683. The zero-order valence-corrected chi connectivity index (χ0v) is 20.6. The number of benzene rings is 2. The highest BCUT2D eigenvalue weighted by atomic mass is 35.5. The van der Waals surface area contributed by atoms with E-state index in [-0.39, 0.29) is 22.0 Å². The second-order valence-corrected chi connectivity index (χ2v) is 8.80. The third-order valence-electron chi connectivity index (χ3n) is 6.01. The summed E-state index contributed by atoms with van der Waals surface area (Å²) in [5.41, 5.74) is 3.90. The van der Waals surface area contributed by atoms with Gasteiger partial charge in [0.15, 0.2) is 5.82 Å². The van der Waals surface area contributed by atoms with Gasteiger partial charge in [-0.05, 0) is 46.2 Å². The van der Waals surface area contributed by atoms with Crippen LogP contribution in [-0.4, -0.2) is 45.8 Å². The Morgan fingerprint density at radius 1 is 1.11 bits per heavy atom. The van der Waals surface area contributed by atoms with Crippen LogP contribution in [0.4, 0.5) is 0 Å². The number of hydrogen-bond donors (Lipinski definition) is 2. The zero-order valence-electron chi connectivity index (χ0n) is 19.8. The van der Waals surface area contributed by atoms with Crippen molar-refractivity contribution in [3.63, 3.8) is 0 Å². The van der Waals surface area contributed by atoms with Crippen LogP contribution in [0.5, 0.6) is 0 Å². The van der Waals surface area contributed by atoms with Crippen LogP contribution in [0.25, 0.3) is 28.3 Å². The molecule has 0 spiro atoms. The number of imidazole rings is 1. The minimum Gasteiger partial charge on any atom is -0.478 e. The summed E-state index contributed by atoms with van der Waals surface area (Å²) in [6.45, 7) is 2.34. The summed E-state index contributed by atoms with van der Waals surface area (Å²) in [4.78, 5) is 29.7. The number of pyridine rings is 1. The monoisotopic (exact) mass is 515 g/mol. The van der Waals surface area contributed by atoms with Gasteiger partial charge in [-0.25, -0.2) is 14.7 Å². The van der Waals surface area contributed by atoms with E-state index in [9.17, 15) is 14.7 Å². The quantitative estimate of drug-likeness (QED) is 0.316. The fourth-order valence-electron chi connectivity index (χ4n) is 4.30. The number of nitrogens with one attached hydrogen (secondary N) is 1. The van der Waals surface area contributed by atoms with Gasteiger partial charge in [0.1, 0.15) is 5.69 Å². The maximum absolute atomic E-state index is 13.5. The first-order valence-corrected chi connectivity index (χ1v) is 12.0. The number of halogens is 1. The lowest BCUT2D eigenvalue weighted by Crippen LogP contribution is -2.26. The Kier molecular flexibility index (Phi) is 6.65. The summed E-state index contributed by atoms with van der Waals surface area (Å²) >= 11 is 6.35. The van der Waals surface area contributed by atoms with Crippen LogP contribution in [0.2, 0.25) is 5.02 Å². The minimum atomic E-state index is -1.15. The number of nitrogens with zero attached hydrogens (tertiary/aromatic N) is 6. The molecular formula is C26H22ClN7O3. The van der Waals surface area contributed by atoms with Gasteiger partial charge in [-0.3, -0.25) is 14.1 Å². The highest BCUT2D eigenvalue weighted by Crippen LogP contribution is 2.28. The number of carbonyl (C=O) groups is 1. The van der Waals surface area contributed by atoms with Crippen molar-refractivity contribution in [1.82, 2.24) is 34.7 Å². The maximum Gasteiger partial charge on any atom is 0.337 e. The molecule has 0 radical (unpaired) electrons. The van der Waals surface area contributed by atoms with Crippen molar-refractivity contribution in [3.8, 4) is 28.3 Å². The SMILES string of the molecule is CCCc1cn(-c2c(Cl)cccc2C(=O)O)c(=O)n1Cc1ccc(-c2cccnc2-c2nnn[nH]2)cc1. The molecule has 0 bridgehead atoms. The number of para-hydroxylation sites is 1. The topological polar surface area (TPSA) is 132 Å². The number of aromatic nitrogens is 7. The Morgan fingerprint density at radius 3 is 2.62 bits per heavy atom. The van der Waals surface area contributed by atoms with Gasteiger partial charge in [0.05, 0.1) is 22.8 Å². The average molecular weight is 516 g/mol. The predicted octanol–water partition coefficient (Wildman–Crippen LogP) is 4.23. The van der Waals surface area contributed by atoms with Crippen LogP contribution in [0.3, 0.4) is 0 Å². The summed E-state index contributed by atoms with van der Waals surface area (Å²) in [5, 5.41) is 23.8. The maximum atomic E-state index is 13.5. The van der Waals surface area contributed by atoms with Gasteiger partial charge < -0.3 is 5.11 Å². The molecule has 0 unspecified atom stereocenters. The molecule has 0 aliphatic heterocycles. The molecule has 0 saturated heterocycles. The van der Waals surface area contributed by atoms with E-state index in [4.69, 9.17) is 11.6 Å². The Balaban J connectivity index is 1.51. The molecule has 2 aromatic carbocycles. The van der Waals surface area contributed by atoms with Crippen molar-refractivity contribution >= 4 is 17.6 Å². The van der Waals surface area contributed by atoms with E-state index in [1.807, 2.05) is 43.3 Å². The lowest BCUT2D eigenvalue weighted by atomic mass is 10.0. The van der Waals surface area contributed by atoms with E-state index in [0.29, 0.717) is 24.5 Å². The first kappa shape index (κ1) is 24.1. The number of H-pyrrole nitrogens is 1. The molecule has 3 heterocycles. The lowest BCUT2D eigenvalue weighted by molar-refractivity contribution is 0.0697. The molecule has 0 saturated carbocycles. The summed E-state index contributed by atoms with van der Waals surface area (Å²) < 4.78 is 2.99. The van der Waals surface area contributed by atoms with Crippen molar-refractivity contribution in [1.29, 1.82) is 0 Å². The van der Waals surface area contributed by atoms with E-state index in [1.165, 1.54) is 10.6 Å². The van der Waals surface area contributed by atoms with Crippen LogP contribution < -0.4 is 5.69 Å². The average Bonchev–Trinajstić information content (AvgIpc) is 3.54. The van der Waals surface area contributed by atoms with Crippen molar-refractivity contribution in [2.75, 3.05) is 0 Å². The van der Waals surface area contributed by atoms with Gasteiger partial charge in [-0.2, -0.15) is 0 Å². The highest BCUT2D eigenvalue weighted by molar-refractivity contribution is 6.33. The Bertz CT molecular complexity index is 1620. The van der Waals surface area contributed by atoms with E-state index >= 15 is 0 Å². The smallest absolute Gasteiger partial charge is 0.337 e. The zero-order chi connectivity index (χ0) is 25.9. The van der Waals surface area contributed by atoms with Gasteiger partial charge in [0, 0.05) is 23.7 Å². The standard InChI is InChI=1S/C26H22ClN7O3/c1-2-5-18-15-34(23-20(25(35)36)6-3-8-21(23)27)26(37)33(18)14-16-9-11-17(12-10-16)19-7-4-13-28-22(19)24-29-31-32-30-24/h3-4,6-13,15H,2,5,14H2,1H3,(H,35,36)(H,29,30,31,32). The number of carboxylic acids is 1. The van der Waals surface area contributed by atoms with E-state index in [0.717, 1.165) is 28.8 Å². The Labute approximate surface area is 216 Å². The fourth-order valence-corrected chi connectivity index (χ4v) is 4.57. The molecule has 3 aromatic heterocycles. The minimum absolute atomic E-state index is 0.0339. The number of aromatic carboxylic acids is 1. The van der Waals surface area contributed by atoms with Gasteiger partial charge >= 0.3 is 11.7 Å². The molecule has 5 rings (SSSR count). The van der Waals surface area contributed by atoms with Gasteiger partial charge in [0.2, 0.25) is 0 Å². The summed E-state index contributed by atoms with van der Waals surface area (Å²) in [7, 11) is 0. The molecule has 37 heavy (non-hydrogen) atoms. The van der Waals surface area contributed by atoms with Crippen molar-refractivity contribution < 1.29 is 9.90 Å². The van der Waals surface area contributed by atoms with Crippen LogP contribution >= 0.6 is 11.6 Å². The predicted molar refractivity (Wildman–Crippen MR) is 138 cm³/mol. The van der Waals surface area contributed by atoms with Crippen molar-refractivity contribution in [2.24, 2.45) is 0 Å². The number of aromatic amines is 1. The van der Waals surface area contributed by atoms with Crippen LogP contribution in [0.15, 0.2) is 71.8 Å². The first-order valence-electron chi connectivity index (χ1n) is 11.6. The normalized spacial score (nSPS) is 11.1. The second-order valence-electron chi connectivity index (χ2n) is 8.40. The molecule has 0 aliphatic rings. The lowest BCUT2D eigenvalue weighted by Gasteiger charge is -2.10. The molecule has 10 nitrogen and oxygen atoms in total. The molecular weight excluding hydrogens is 494 g/mol. The molecule has 0 atom stereocenters. The number of carboxylic acid groups (broad SMARTS) is 1. The summed E-state index contributed by atoms with van der Waals surface area (Å²) in [6, 6.07) is 16.2. The van der Waals surface area contributed by atoms with E-state index in [1.54, 1.807) is 29.1 Å². The Hall–Kier alpha value is -4.57. The van der Waals surface area contributed by atoms with E-state index in [2.05, 4.69) is 25.6 Å². The second kappa shape index (κ2) is 10.2. The van der Waals surface area contributed by atoms with Gasteiger partial charge in [0.25, 0.3) is 0 Å². The molecule has 2 N–H and O–H groups in total. The number of rotatable bonds is 8. The van der Waals surface area contributed by atoms with E-state index < -0.39 is 5.97 Å². The number of hydrogen-bond acceptors (Lipinski definition) is 6. The van der Waals surface area contributed by atoms with Crippen LogP contribution in [0.1, 0.15) is 35.0 Å². The molecule has 0 fully saturated rings. The van der Waals surface area contributed by atoms with Gasteiger partial charge in [-0.15, -0.1) is 5.10 Å². The number of tetrazole rings is 1. The molecule has 11 heteroatoms. The van der Waals surface area contributed by atoms with Gasteiger partial charge in [-0.1, -0.05) is 61.3 Å². The fraction of sp³-hybridized carbons (Fsp3) is 0.154. The molecule has 0 aliphatic carbocycles. The first-order chi connectivity index (χ1) is 18.0.